The highest BCUT2D eigenvalue weighted by Gasteiger charge is 2.39. The predicted octanol–water partition coefficient (Wildman–Crippen LogP) is 5.27. The Labute approximate surface area is 209 Å². The quantitative estimate of drug-likeness (QED) is 0.250. The Morgan fingerprint density at radius 2 is 1.29 bits per heavy atom. The lowest BCUT2D eigenvalue weighted by Crippen LogP contribution is -2.45. The number of benzene rings is 3. The number of carbonyl (C=O) groups excluding carboxylic acids is 1. The third-order valence-corrected chi connectivity index (χ3v) is 6.31. The summed E-state index contributed by atoms with van der Waals surface area (Å²) < 4.78 is 0. The normalized spacial score (nSPS) is 12.0. The summed E-state index contributed by atoms with van der Waals surface area (Å²) in [4.78, 5) is 29.6. The van der Waals surface area contributed by atoms with Gasteiger partial charge in [-0.3, -0.25) is 4.79 Å². The van der Waals surface area contributed by atoms with E-state index in [1.807, 2.05) is 91.0 Å². The number of nitrogens with one attached hydrogen (secondary N) is 1. The summed E-state index contributed by atoms with van der Waals surface area (Å²) in [7, 11) is 0. The molecule has 0 spiro atoms. The van der Waals surface area contributed by atoms with Gasteiger partial charge in [0.05, 0.1) is 5.41 Å². The summed E-state index contributed by atoms with van der Waals surface area (Å²) in [6.07, 6.45) is 1.65. The molecule has 1 atom stereocenters. The molecule has 0 bridgehead atoms. The second-order valence-electron chi connectivity index (χ2n) is 8.33. The van der Waals surface area contributed by atoms with E-state index in [9.17, 15) is 14.7 Å². The average molecular weight is 485 g/mol. The van der Waals surface area contributed by atoms with Gasteiger partial charge in [0.2, 0.25) is 5.91 Å². The number of carbonyl (C=O) groups is 2. The van der Waals surface area contributed by atoms with Crippen molar-refractivity contribution in [2.45, 2.75) is 24.3 Å². The predicted molar refractivity (Wildman–Crippen MR) is 136 cm³/mol. The van der Waals surface area contributed by atoms with E-state index in [1.165, 1.54) is 6.20 Å². The third kappa shape index (κ3) is 5.58. The molecule has 35 heavy (non-hydrogen) atoms. The molecule has 4 rings (SSSR count). The van der Waals surface area contributed by atoms with Gasteiger partial charge in [-0.05, 0) is 28.3 Å². The van der Waals surface area contributed by atoms with Gasteiger partial charge in [0.25, 0.3) is 0 Å². The minimum Gasteiger partial charge on any atom is -0.480 e. The van der Waals surface area contributed by atoms with Crippen molar-refractivity contribution in [3.05, 3.63) is 137 Å². The number of amides is 1. The summed E-state index contributed by atoms with van der Waals surface area (Å²) in [6, 6.07) is 31.7. The van der Waals surface area contributed by atoms with Crippen LogP contribution in [0, 0.1) is 0 Å². The lowest BCUT2D eigenvalue weighted by molar-refractivity contribution is -0.141. The second kappa shape index (κ2) is 11.0. The number of rotatable bonds is 9. The van der Waals surface area contributed by atoms with Crippen LogP contribution in [-0.4, -0.2) is 28.0 Å². The Kier molecular flexibility index (Phi) is 7.58. The van der Waals surface area contributed by atoms with Gasteiger partial charge in [0.1, 0.15) is 11.2 Å². The molecule has 0 aliphatic heterocycles. The Bertz CT molecular complexity index is 1170. The number of carboxylic acid groups (broad SMARTS) is 1. The van der Waals surface area contributed by atoms with E-state index >= 15 is 0 Å². The number of pyridine rings is 1. The van der Waals surface area contributed by atoms with E-state index in [0.717, 1.165) is 16.7 Å². The smallest absolute Gasteiger partial charge is 0.326 e. The van der Waals surface area contributed by atoms with Crippen LogP contribution in [0.15, 0.2) is 109 Å². The van der Waals surface area contributed by atoms with Crippen LogP contribution in [-0.2, 0) is 21.4 Å². The number of aliphatic carboxylic acids is 1. The zero-order chi connectivity index (χ0) is 24.7. The molecule has 2 N–H and O–H groups in total. The van der Waals surface area contributed by atoms with Crippen LogP contribution in [0.1, 0.15) is 28.7 Å². The summed E-state index contributed by atoms with van der Waals surface area (Å²) in [6.45, 7) is 0. The first-order valence-corrected chi connectivity index (χ1v) is 11.7. The van der Waals surface area contributed by atoms with E-state index in [-0.39, 0.29) is 18.7 Å². The van der Waals surface area contributed by atoms with Crippen LogP contribution in [0.5, 0.6) is 0 Å². The van der Waals surface area contributed by atoms with Gasteiger partial charge in [-0.25, -0.2) is 9.78 Å². The molecule has 3 aromatic carbocycles. The number of hydrogen-bond donors (Lipinski definition) is 2. The van der Waals surface area contributed by atoms with Gasteiger partial charge in [-0.2, -0.15) is 0 Å². The van der Waals surface area contributed by atoms with Crippen molar-refractivity contribution in [2.75, 3.05) is 0 Å². The molecule has 4 aromatic rings. The van der Waals surface area contributed by atoms with Crippen LogP contribution >= 0.6 is 11.6 Å². The van der Waals surface area contributed by atoms with Gasteiger partial charge in [-0.15, -0.1) is 0 Å². The van der Waals surface area contributed by atoms with Gasteiger partial charge in [0.15, 0.2) is 0 Å². The van der Waals surface area contributed by atoms with E-state index in [0.29, 0.717) is 10.7 Å². The van der Waals surface area contributed by atoms with Crippen LogP contribution in [0.25, 0.3) is 0 Å². The number of aromatic nitrogens is 1. The van der Waals surface area contributed by atoms with Crippen molar-refractivity contribution in [1.29, 1.82) is 0 Å². The van der Waals surface area contributed by atoms with Crippen molar-refractivity contribution in [2.24, 2.45) is 0 Å². The zero-order valence-electron chi connectivity index (χ0n) is 19.0. The molecule has 5 nitrogen and oxygen atoms in total. The molecule has 0 saturated carbocycles. The standard InChI is InChI=1S/C29H25ClN2O3/c30-26-17-16-21(20-31-26)18-25(28(34)35)32-27(33)19-29(22-10-4-1-5-11-22,23-12-6-2-7-13-23)24-14-8-3-9-15-24/h1-17,20,25H,18-19H2,(H,32,33)(H,34,35)/t25-/m1/s1. The molecule has 0 aliphatic carbocycles. The van der Waals surface area contributed by atoms with E-state index < -0.39 is 17.4 Å². The number of carboxylic acids is 1. The van der Waals surface area contributed by atoms with Crippen LogP contribution < -0.4 is 5.32 Å². The lowest BCUT2D eigenvalue weighted by Gasteiger charge is -2.36. The van der Waals surface area contributed by atoms with E-state index in [2.05, 4.69) is 10.3 Å². The van der Waals surface area contributed by atoms with Crippen molar-refractivity contribution in [1.82, 2.24) is 10.3 Å². The molecule has 0 radical (unpaired) electrons. The fourth-order valence-electron chi connectivity index (χ4n) is 4.42. The van der Waals surface area contributed by atoms with E-state index in [4.69, 9.17) is 11.6 Å². The molecule has 176 valence electrons. The minimum atomic E-state index is -1.11. The highest BCUT2D eigenvalue weighted by molar-refractivity contribution is 6.29. The number of nitrogens with zero attached hydrogens (tertiary/aromatic N) is 1. The molecular formula is C29H25ClN2O3. The lowest BCUT2D eigenvalue weighted by atomic mass is 9.67. The molecule has 0 aliphatic rings. The molecular weight excluding hydrogens is 460 g/mol. The highest BCUT2D eigenvalue weighted by atomic mass is 35.5. The SMILES string of the molecule is O=C(CC(c1ccccc1)(c1ccccc1)c1ccccc1)N[C@H](Cc1ccc(Cl)nc1)C(=O)O. The van der Waals surface area contributed by atoms with Crippen molar-refractivity contribution in [3.63, 3.8) is 0 Å². The maximum atomic E-state index is 13.5. The van der Waals surface area contributed by atoms with Crippen LogP contribution in [0.2, 0.25) is 5.15 Å². The molecule has 1 amide bonds. The first kappa shape index (κ1) is 24.2. The van der Waals surface area contributed by atoms with E-state index in [1.54, 1.807) is 12.1 Å². The Balaban J connectivity index is 1.72. The first-order chi connectivity index (χ1) is 17.0. The summed E-state index contributed by atoms with van der Waals surface area (Å²) in [5, 5.41) is 12.9. The van der Waals surface area contributed by atoms with Crippen LogP contribution in [0.3, 0.4) is 0 Å². The second-order valence-corrected chi connectivity index (χ2v) is 8.72. The number of halogens is 1. The molecule has 0 unspecified atom stereocenters. The third-order valence-electron chi connectivity index (χ3n) is 6.09. The minimum absolute atomic E-state index is 0.0354. The maximum absolute atomic E-state index is 13.5. The largest absolute Gasteiger partial charge is 0.480 e. The van der Waals surface area contributed by atoms with Crippen molar-refractivity contribution in [3.8, 4) is 0 Å². The topological polar surface area (TPSA) is 79.3 Å². The van der Waals surface area contributed by atoms with Crippen molar-refractivity contribution < 1.29 is 14.7 Å². The molecule has 0 fully saturated rings. The fourth-order valence-corrected chi connectivity index (χ4v) is 4.54. The van der Waals surface area contributed by atoms with Gasteiger partial charge in [0, 0.05) is 19.0 Å². The summed E-state index contributed by atoms with van der Waals surface area (Å²) >= 11 is 5.85. The monoisotopic (exact) mass is 484 g/mol. The molecule has 0 saturated heterocycles. The molecule has 1 aromatic heterocycles. The van der Waals surface area contributed by atoms with Gasteiger partial charge < -0.3 is 10.4 Å². The van der Waals surface area contributed by atoms with Gasteiger partial charge in [-0.1, -0.05) is 109 Å². The van der Waals surface area contributed by atoms with Crippen molar-refractivity contribution >= 4 is 23.5 Å². The molecule has 6 heteroatoms. The molecule has 1 heterocycles. The first-order valence-electron chi connectivity index (χ1n) is 11.3. The van der Waals surface area contributed by atoms with Crippen LogP contribution in [0.4, 0.5) is 0 Å². The Morgan fingerprint density at radius 3 is 1.69 bits per heavy atom. The zero-order valence-corrected chi connectivity index (χ0v) is 19.7. The average Bonchev–Trinajstić information content (AvgIpc) is 2.89. The maximum Gasteiger partial charge on any atom is 0.326 e. The summed E-state index contributed by atoms with van der Waals surface area (Å²) in [5.74, 6) is -1.48. The Morgan fingerprint density at radius 1 is 0.800 bits per heavy atom. The summed E-state index contributed by atoms with van der Waals surface area (Å²) in [5.41, 5.74) is 2.70. The Hall–Kier alpha value is -3.96. The highest BCUT2D eigenvalue weighted by Crippen LogP contribution is 2.42. The van der Waals surface area contributed by atoms with Gasteiger partial charge >= 0.3 is 5.97 Å². The fraction of sp³-hybridized carbons (Fsp3) is 0.138. The number of hydrogen-bond acceptors (Lipinski definition) is 3.